The lowest BCUT2D eigenvalue weighted by Crippen LogP contribution is -2.31. The van der Waals surface area contributed by atoms with E-state index in [1.165, 1.54) is 0 Å². The summed E-state index contributed by atoms with van der Waals surface area (Å²) in [5.41, 5.74) is 2.09. The van der Waals surface area contributed by atoms with Gasteiger partial charge in [0.05, 0.1) is 6.04 Å². The van der Waals surface area contributed by atoms with E-state index in [2.05, 4.69) is 0 Å². The average molecular weight is 279 g/mol. The van der Waals surface area contributed by atoms with E-state index in [4.69, 9.17) is 4.74 Å². The summed E-state index contributed by atoms with van der Waals surface area (Å²) in [5, 5.41) is 0. The Morgan fingerprint density at radius 1 is 1.05 bits per heavy atom. The Hall–Kier alpha value is -2.55. The molecule has 0 unspecified atom stereocenters. The third kappa shape index (κ3) is 3.14. The van der Waals surface area contributed by atoms with Crippen molar-refractivity contribution in [2.45, 2.75) is 12.6 Å². The average Bonchev–Trinajstić information content (AvgIpc) is 3.04. The smallest absolute Gasteiger partial charge is 0.411 e. The van der Waals surface area contributed by atoms with E-state index >= 15 is 0 Å². The molecular weight excluding hydrogens is 262 g/mol. The molecule has 1 aliphatic rings. The van der Waals surface area contributed by atoms with E-state index in [-0.39, 0.29) is 12.1 Å². The summed E-state index contributed by atoms with van der Waals surface area (Å²) in [7, 11) is 0. The van der Waals surface area contributed by atoms with Crippen LogP contribution in [0.4, 0.5) is 4.79 Å². The van der Waals surface area contributed by atoms with Crippen molar-refractivity contribution >= 4 is 6.09 Å². The van der Waals surface area contributed by atoms with Gasteiger partial charge < -0.3 is 4.74 Å². The highest BCUT2D eigenvalue weighted by atomic mass is 16.6. The molecule has 1 heterocycles. The fourth-order valence-electron chi connectivity index (χ4n) is 2.45. The summed E-state index contributed by atoms with van der Waals surface area (Å²) in [6, 6.07) is 19.7. The second-order valence-corrected chi connectivity index (χ2v) is 4.98. The van der Waals surface area contributed by atoms with Gasteiger partial charge in [-0.15, -0.1) is 0 Å². The first-order valence-corrected chi connectivity index (χ1v) is 7.03. The van der Waals surface area contributed by atoms with Gasteiger partial charge >= 0.3 is 6.09 Å². The molecule has 3 nitrogen and oxygen atoms in total. The fourth-order valence-corrected chi connectivity index (χ4v) is 2.45. The lowest BCUT2D eigenvalue weighted by atomic mass is 10.1. The number of ether oxygens (including phenoxy) is 1. The van der Waals surface area contributed by atoms with Crippen molar-refractivity contribution in [3.05, 3.63) is 83.9 Å². The monoisotopic (exact) mass is 279 g/mol. The van der Waals surface area contributed by atoms with Crippen LogP contribution in [0.15, 0.2) is 72.8 Å². The molecule has 2 aromatic rings. The van der Waals surface area contributed by atoms with Gasteiger partial charge in [0.25, 0.3) is 0 Å². The molecule has 0 saturated heterocycles. The number of carbonyl (C=O) groups is 1. The highest BCUT2D eigenvalue weighted by Crippen LogP contribution is 2.27. The van der Waals surface area contributed by atoms with Crippen LogP contribution >= 0.6 is 0 Å². The third-order valence-corrected chi connectivity index (χ3v) is 3.54. The molecular formula is C18H17NO2. The minimum atomic E-state index is -0.280. The fraction of sp³-hybridized carbons (Fsp3) is 0.167. The SMILES string of the molecule is O=C(OCc1ccccc1)N1CC=C[C@H]1c1ccccc1. The lowest BCUT2D eigenvalue weighted by molar-refractivity contribution is 0.0949. The molecule has 0 aromatic heterocycles. The Labute approximate surface area is 124 Å². The van der Waals surface area contributed by atoms with Crippen LogP contribution in [-0.4, -0.2) is 17.5 Å². The Morgan fingerprint density at radius 3 is 2.43 bits per heavy atom. The third-order valence-electron chi connectivity index (χ3n) is 3.54. The number of hydrogen-bond donors (Lipinski definition) is 0. The van der Waals surface area contributed by atoms with Crippen LogP contribution in [0.3, 0.4) is 0 Å². The number of nitrogens with zero attached hydrogens (tertiary/aromatic N) is 1. The van der Waals surface area contributed by atoms with Gasteiger partial charge in [-0.2, -0.15) is 0 Å². The summed E-state index contributed by atoms with van der Waals surface area (Å²) < 4.78 is 5.41. The zero-order valence-electron chi connectivity index (χ0n) is 11.7. The summed E-state index contributed by atoms with van der Waals surface area (Å²) in [6.45, 7) is 0.894. The Bertz CT molecular complexity index is 622. The number of benzene rings is 2. The van der Waals surface area contributed by atoms with Gasteiger partial charge in [0.15, 0.2) is 0 Å². The highest BCUT2D eigenvalue weighted by Gasteiger charge is 2.27. The van der Waals surface area contributed by atoms with Crippen molar-refractivity contribution in [3.63, 3.8) is 0 Å². The first-order chi connectivity index (χ1) is 10.3. The summed E-state index contributed by atoms with van der Waals surface area (Å²) in [6.07, 6.45) is 3.76. The van der Waals surface area contributed by atoms with Gasteiger partial charge in [0.2, 0.25) is 0 Å². The van der Waals surface area contributed by atoms with Crippen LogP contribution in [0.5, 0.6) is 0 Å². The van der Waals surface area contributed by atoms with E-state index in [0.29, 0.717) is 13.2 Å². The van der Waals surface area contributed by atoms with Crippen molar-refractivity contribution in [3.8, 4) is 0 Å². The van der Waals surface area contributed by atoms with E-state index in [0.717, 1.165) is 11.1 Å². The van der Waals surface area contributed by atoms with Gasteiger partial charge in [-0.3, -0.25) is 4.90 Å². The molecule has 0 fully saturated rings. The molecule has 0 N–H and O–H groups in total. The van der Waals surface area contributed by atoms with E-state index in [1.54, 1.807) is 4.90 Å². The maximum absolute atomic E-state index is 12.3. The van der Waals surface area contributed by atoms with Gasteiger partial charge in [0.1, 0.15) is 6.61 Å². The largest absolute Gasteiger partial charge is 0.445 e. The van der Waals surface area contributed by atoms with Crippen molar-refractivity contribution < 1.29 is 9.53 Å². The zero-order chi connectivity index (χ0) is 14.5. The summed E-state index contributed by atoms with van der Waals surface area (Å²) in [4.78, 5) is 14.0. The molecule has 1 amide bonds. The molecule has 0 aliphatic carbocycles. The van der Waals surface area contributed by atoms with Gasteiger partial charge in [0, 0.05) is 6.54 Å². The Balaban J connectivity index is 1.64. The maximum atomic E-state index is 12.3. The molecule has 1 aliphatic heterocycles. The predicted molar refractivity (Wildman–Crippen MR) is 81.7 cm³/mol. The molecule has 1 atom stereocenters. The number of amides is 1. The molecule has 0 bridgehead atoms. The van der Waals surface area contributed by atoms with E-state index < -0.39 is 0 Å². The predicted octanol–water partition coefficient (Wildman–Crippen LogP) is 3.94. The van der Waals surface area contributed by atoms with Crippen molar-refractivity contribution in [2.75, 3.05) is 6.54 Å². The highest BCUT2D eigenvalue weighted by molar-refractivity contribution is 5.69. The molecule has 0 spiro atoms. The number of hydrogen-bond acceptors (Lipinski definition) is 2. The lowest BCUT2D eigenvalue weighted by Gasteiger charge is -2.24. The zero-order valence-corrected chi connectivity index (χ0v) is 11.7. The molecule has 21 heavy (non-hydrogen) atoms. The van der Waals surface area contributed by atoms with E-state index in [9.17, 15) is 4.79 Å². The molecule has 106 valence electrons. The molecule has 0 radical (unpaired) electrons. The topological polar surface area (TPSA) is 29.5 Å². The molecule has 3 rings (SSSR count). The number of carbonyl (C=O) groups excluding carboxylic acids is 1. The minimum Gasteiger partial charge on any atom is -0.445 e. The van der Waals surface area contributed by atoms with Crippen LogP contribution in [-0.2, 0) is 11.3 Å². The van der Waals surface area contributed by atoms with Crippen LogP contribution in [0.25, 0.3) is 0 Å². The van der Waals surface area contributed by atoms with Crippen LogP contribution < -0.4 is 0 Å². The standard InChI is InChI=1S/C18H17NO2/c20-18(21-14-15-8-3-1-4-9-15)19-13-7-12-17(19)16-10-5-2-6-11-16/h1-12,17H,13-14H2/t17-/m0/s1. The second kappa shape index (κ2) is 6.27. The van der Waals surface area contributed by atoms with Gasteiger partial charge in [-0.05, 0) is 11.1 Å². The van der Waals surface area contributed by atoms with Crippen LogP contribution in [0.1, 0.15) is 17.2 Å². The molecule has 3 heteroatoms. The molecule has 2 aromatic carbocycles. The molecule has 0 saturated carbocycles. The van der Waals surface area contributed by atoms with Crippen LogP contribution in [0.2, 0.25) is 0 Å². The summed E-state index contributed by atoms with van der Waals surface area (Å²) >= 11 is 0. The maximum Gasteiger partial charge on any atom is 0.411 e. The first-order valence-electron chi connectivity index (χ1n) is 7.03. The Morgan fingerprint density at radius 2 is 1.71 bits per heavy atom. The summed E-state index contributed by atoms with van der Waals surface area (Å²) in [5.74, 6) is 0. The minimum absolute atomic E-state index is 0.0329. The van der Waals surface area contributed by atoms with Crippen molar-refractivity contribution in [1.82, 2.24) is 4.90 Å². The normalized spacial score (nSPS) is 17.0. The number of rotatable bonds is 3. The quantitative estimate of drug-likeness (QED) is 0.796. The first kappa shape index (κ1) is 13.4. The second-order valence-electron chi connectivity index (χ2n) is 4.98. The Kier molecular flexibility index (Phi) is 4.01. The van der Waals surface area contributed by atoms with E-state index in [1.807, 2.05) is 72.8 Å². The van der Waals surface area contributed by atoms with Crippen molar-refractivity contribution in [1.29, 1.82) is 0 Å². The van der Waals surface area contributed by atoms with Crippen LogP contribution in [0, 0.1) is 0 Å². The van der Waals surface area contributed by atoms with Crippen molar-refractivity contribution in [2.24, 2.45) is 0 Å². The van der Waals surface area contributed by atoms with Gasteiger partial charge in [-0.1, -0.05) is 72.8 Å². The van der Waals surface area contributed by atoms with Gasteiger partial charge in [-0.25, -0.2) is 4.79 Å².